The van der Waals surface area contributed by atoms with E-state index >= 15 is 0 Å². The van der Waals surface area contributed by atoms with E-state index in [1.165, 1.54) is 12.1 Å². The summed E-state index contributed by atoms with van der Waals surface area (Å²) in [4.78, 5) is 4.38. The van der Waals surface area contributed by atoms with Crippen molar-refractivity contribution >= 4 is 27.3 Å². The Bertz CT molecular complexity index is 515. The molecule has 0 spiro atoms. The first-order chi connectivity index (χ1) is 8.19. The molecule has 0 aliphatic rings. The average Bonchev–Trinajstić information content (AvgIpc) is 2.78. The first-order valence-corrected chi connectivity index (χ1v) is 6.87. The lowest BCUT2D eigenvalue weighted by Crippen LogP contribution is -1.97. The number of thiazole rings is 1. The van der Waals surface area contributed by atoms with Gasteiger partial charge in [-0.15, -0.1) is 11.3 Å². The number of ether oxygens (including phenoxy) is 1. The van der Waals surface area contributed by atoms with Crippen LogP contribution in [-0.2, 0) is 13.0 Å². The lowest BCUT2D eigenvalue weighted by molar-refractivity contribution is 0.298. The Hall–Kier alpha value is -0.940. The molecule has 17 heavy (non-hydrogen) atoms. The fourth-order valence-electron chi connectivity index (χ4n) is 1.32. The van der Waals surface area contributed by atoms with Crippen molar-refractivity contribution in [3.8, 4) is 5.75 Å². The van der Waals surface area contributed by atoms with Crippen LogP contribution in [-0.4, -0.2) is 4.98 Å². The zero-order chi connectivity index (χ0) is 12.3. The lowest BCUT2D eigenvalue weighted by Gasteiger charge is -2.06. The summed E-state index contributed by atoms with van der Waals surface area (Å²) in [5.41, 5.74) is 0.878. The highest BCUT2D eigenvalue weighted by molar-refractivity contribution is 9.10. The van der Waals surface area contributed by atoms with Gasteiger partial charge in [0.05, 0.1) is 15.2 Å². The van der Waals surface area contributed by atoms with Gasteiger partial charge in [0, 0.05) is 11.4 Å². The average molecular weight is 316 g/mol. The zero-order valence-electron chi connectivity index (χ0n) is 9.24. The molecule has 1 heterocycles. The second-order valence-corrected chi connectivity index (χ2v) is 5.25. The van der Waals surface area contributed by atoms with E-state index in [4.69, 9.17) is 4.74 Å². The van der Waals surface area contributed by atoms with Crippen molar-refractivity contribution in [2.24, 2.45) is 0 Å². The minimum absolute atomic E-state index is 0.310. The van der Waals surface area contributed by atoms with E-state index in [1.54, 1.807) is 17.4 Å². The molecule has 0 aliphatic heterocycles. The number of hydrogen-bond acceptors (Lipinski definition) is 3. The van der Waals surface area contributed by atoms with E-state index in [0.717, 1.165) is 21.6 Å². The summed E-state index contributed by atoms with van der Waals surface area (Å²) in [6.07, 6.45) is 0.925. The maximum absolute atomic E-state index is 13.0. The molecule has 0 radical (unpaired) electrons. The van der Waals surface area contributed by atoms with E-state index in [9.17, 15) is 4.39 Å². The summed E-state index contributed by atoms with van der Waals surface area (Å²) < 4.78 is 19.3. The van der Waals surface area contributed by atoms with E-state index in [-0.39, 0.29) is 5.82 Å². The predicted octanol–water partition coefficient (Wildman–Crippen LogP) is 4.19. The second kappa shape index (κ2) is 5.60. The van der Waals surface area contributed by atoms with Crippen LogP contribution in [0, 0.1) is 5.82 Å². The standard InChI is InChI=1S/C12H11BrFNOS/c1-2-12-15-9(7-17-12)6-16-11-5-8(14)3-4-10(11)13/h3-5,7H,2,6H2,1H3. The molecule has 0 N–H and O–H groups in total. The number of halogens is 2. The Labute approximate surface area is 112 Å². The van der Waals surface area contributed by atoms with Gasteiger partial charge in [-0.25, -0.2) is 9.37 Å². The fourth-order valence-corrected chi connectivity index (χ4v) is 2.41. The molecule has 0 atom stereocenters. The van der Waals surface area contributed by atoms with E-state index in [1.807, 2.05) is 5.38 Å². The first kappa shape index (κ1) is 12.5. The van der Waals surface area contributed by atoms with Crippen LogP contribution in [0.15, 0.2) is 28.1 Å². The smallest absolute Gasteiger partial charge is 0.136 e. The minimum atomic E-state index is -0.310. The van der Waals surface area contributed by atoms with Crippen LogP contribution >= 0.6 is 27.3 Å². The SMILES string of the molecule is CCc1nc(COc2cc(F)ccc2Br)cs1. The van der Waals surface area contributed by atoms with E-state index in [2.05, 4.69) is 27.8 Å². The van der Waals surface area contributed by atoms with Crippen LogP contribution in [0.3, 0.4) is 0 Å². The number of aromatic nitrogens is 1. The minimum Gasteiger partial charge on any atom is -0.486 e. The van der Waals surface area contributed by atoms with Gasteiger partial charge in [-0.05, 0) is 34.5 Å². The highest BCUT2D eigenvalue weighted by Gasteiger charge is 2.05. The highest BCUT2D eigenvalue weighted by atomic mass is 79.9. The molecule has 0 saturated heterocycles. The third-order valence-electron chi connectivity index (χ3n) is 2.17. The molecule has 0 saturated carbocycles. The Balaban J connectivity index is 2.04. The van der Waals surface area contributed by atoms with E-state index < -0.39 is 0 Å². The van der Waals surface area contributed by atoms with Crippen LogP contribution in [0.5, 0.6) is 5.75 Å². The molecule has 0 bridgehead atoms. The number of rotatable bonds is 4. The summed E-state index contributed by atoms with van der Waals surface area (Å²) in [5.74, 6) is 0.187. The summed E-state index contributed by atoms with van der Waals surface area (Å²) in [6.45, 7) is 2.42. The van der Waals surface area contributed by atoms with Gasteiger partial charge in [0.1, 0.15) is 18.2 Å². The highest BCUT2D eigenvalue weighted by Crippen LogP contribution is 2.26. The van der Waals surface area contributed by atoms with Crippen molar-refractivity contribution in [3.05, 3.63) is 44.6 Å². The summed E-state index contributed by atoms with van der Waals surface area (Å²) in [5, 5.41) is 3.05. The maximum Gasteiger partial charge on any atom is 0.136 e. The predicted molar refractivity (Wildman–Crippen MR) is 69.9 cm³/mol. The van der Waals surface area contributed by atoms with Gasteiger partial charge >= 0.3 is 0 Å². The van der Waals surface area contributed by atoms with Gasteiger partial charge in [0.2, 0.25) is 0 Å². The Morgan fingerprint density at radius 1 is 1.47 bits per heavy atom. The summed E-state index contributed by atoms with van der Waals surface area (Å²) in [6, 6.07) is 4.37. The van der Waals surface area contributed by atoms with E-state index in [0.29, 0.717) is 12.4 Å². The molecule has 1 aromatic carbocycles. The largest absolute Gasteiger partial charge is 0.486 e. The molecule has 90 valence electrons. The molecule has 2 nitrogen and oxygen atoms in total. The molecule has 0 fully saturated rings. The third kappa shape index (κ3) is 3.26. The zero-order valence-corrected chi connectivity index (χ0v) is 11.6. The molecule has 5 heteroatoms. The van der Waals surface area contributed by atoms with Crippen molar-refractivity contribution in [2.75, 3.05) is 0 Å². The number of benzene rings is 1. The van der Waals surface area contributed by atoms with Gasteiger partial charge in [-0.1, -0.05) is 6.92 Å². The van der Waals surface area contributed by atoms with Crippen LogP contribution in [0.4, 0.5) is 4.39 Å². The normalized spacial score (nSPS) is 10.5. The van der Waals surface area contributed by atoms with Crippen LogP contribution in [0.25, 0.3) is 0 Å². The van der Waals surface area contributed by atoms with Gasteiger partial charge in [-0.3, -0.25) is 0 Å². The molecular formula is C12H11BrFNOS. The molecular weight excluding hydrogens is 305 g/mol. The van der Waals surface area contributed by atoms with Crippen molar-refractivity contribution in [1.29, 1.82) is 0 Å². The van der Waals surface area contributed by atoms with Gasteiger partial charge in [-0.2, -0.15) is 0 Å². The van der Waals surface area contributed by atoms with Crippen molar-refractivity contribution in [3.63, 3.8) is 0 Å². The Kier molecular flexibility index (Phi) is 4.12. The third-order valence-corrected chi connectivity index (χ3v) is 3.87. The van der Waals surface area contributed by atoms with Crippen LogP contribution in [0.2, 0.25) is 0 Å². The monoisotopic (exact) mass is 315 g/mol. The van der Waals surface area contributed by atoms with Crippen molar-refractivity contribution < 1.29 is 9.13 Å². The maximum atomic E-state index is 13.0. The van der Waals surface area contributed by atoms with Crippen molar-refractivity contribution in [1.82, 2.24) is 4.98 Å². The fraction of sp³-hybridized carbons (Fsp3) is 0.250. The van der Waals surface area contributed by atoms with Crippen molar-refractivity contribution in [2.45, 2.75) is 20.0 Å². The van der Waals surface area contributed by atoms with Gasteiger partial charge in [0.25, 0.3) is 0 Å². The van der Waals surface area contributed by atoms with Crippen LogP contribution in [0.1, 0.15) is 17.6 Å². The molecule has 0 aliphatic carbocycles. The molecule has 0 amide bonds. The van der Waals surface area contributed by atoms with Gasteiger partial charge < -0.3 is 4.74 Å². The summed E-state index contributed by atoms with van der Waals surface area (Å²) >= 11 is 4.93. The number of nitrogens with zero attached hydrogens (tertiary/aromatic N) is 1. The number of aryl methyl sites for hydroxylation is 1. The lowest BCUT2D eigenvalue weighted by atomic mass is 10.3. The molecule has 2 aromatic rings. The molecule has 2 rings (SSSR count). The summed E-state index contributed by atoms with van der Waals surface area (Å²) in [7, 11) is 0. The molecule has 0 unspecified atom stereocenters. The second-order valence-electron chi connectivity index (χ2n) is 3.45. The topological polar surface area (TPSA) is 22.1 Å². The molecule has 1 aromatic heterocycles. The quantitative estimate of drug-likeness (QED) is 0.844. The Morgan fingerprint density at radius 2 is 2.29 bits per heavy atom. The Morgan fingerprint density at radius 3 is 3.00 bits per heavy atom. The number of hydrogen-bond donors (Lipinski definition) is 0. The van der Waals surface area contributed by atoms with Gasteiger partial charge in [0.15, 0.2) is 0 Å². The van der Waals surface area contributed by atoms with Crippen LogP contribution < -0.4 is 4.74 Å². The first-order valence-electron chi connectivity index (χ1n) is 5.20.